The summed E-state index contributed by atoms with van der Waals surface area (Å²) in [4.78, 5) is 0. The smallest absolute Gasteiger partial charge is 0.124 e. The van der Waals surface area contributed by atoms with E-state index in [0.717, 1.165) is 24.6 Å². The normalized spacial score (nSPS) is 18.8. The molecular formula is C14H26N4. The second kappa shape index (κ2) is 5.74. The Bertz CT molecular complexity index is 377. The Hall–Kier alpha value is -1.03. The summed E-state index contributed by atoms with van der Waals surface area (Å²) in [7, 11) is 1.98. The predicted molar refractivity (Wildman–Crippen MR) is 75.6 cm³/mol. The molecule has 1 fully saturated rings. The van der Waals surface area contributed by atoms with Crippen LogP contribution >= 0.6 is 0 Å². The Labute approximate surface area is 110 Å². The van der Waals surface area contributed by atoms with Crippen LogP contribution in [0.15, 0.2) is 6.07 Å². The SMILES string of the molecule is Cc1cc(NCCC2(CN)CCCCC2)n(C)n1. The van der Waals surface area contributed by atoms with Gasteiger partial charge in [-0.1, -0.05) is 19.3 Å². The van der Waals surface area contributed by atoms with E-state index in [1.54, 1.807) is 0 Å². The van der Waals surface area contributed by atoms with Crippen LogP contribution in [0.25, 0.3) is 0 Å². The van der Waals surface area contributed by atoms with E-state index in [-0.39, 0.29) is 0 Å². The first-order valence-electron chi connectivity index (χ1n) is 7.10. The Balaban J connectivity index is 1.85. The monoisotopic (exact) mass is 250 g/mol. The lowest BCUT2D eigenvalue weighted by Gasteiger charge is -2.36. The number of hydrogen-bond acceptors (Lipinski definition) is 3. The minimum Gasteiger partial charge on any atom is -0.370 e. The standard InChI is InChI=1S/C14H26N4/c1-12-10-13(18(2)17-12)16-9-8-14(11-15)6-4-3-5-7-14/h10,16H,3-9,11,15H2,1-2H3. The maximum Gasteiger partial charge on any atom is 0.124 e. The highest BCUT2D eigenvalue weighted by Crippen LogP contribution is 2.38. The topological polar surface area (TPSA) is 55.9 Å². The van der Waals surface area contributed by atoms with E-state index in [1.807, 2.05) is 18.7 Å². The Morgan fingerprint density at radius 1 is 1.39 bits per heavy atom. The van der Waals surface area contributed by atoms with E-state index < -0.39 is 0 Å². The molecule has 0 aliphatic heterocycles. The molecule has 1 saturated carbocycles. The summed E-state index contributed by atoms with van der Waals surface area (Å²) in [6.45, 7) is 3.85. The van der Waals surface area contributed by atoms with Gasteiger partial charge in [-0.05, 0) is 38.1 Å². The molecule has 0 atom stereocenters. The first-order chi connectivity index (χ1) is 8.65. The summed E-state index contributed by atoms with van der Waals surface area (Å²) in [5.41, 5.74) is 7.46. The fourth-order valence-corrected chi connectivity index (χ4v) is 3.09. The van der Waals surface area contributed by atoms with Crippen molar-refractivity contribution in [1.29, 1.82) is 0 Å². The van der Waals surface area contributed by atoms with Gasteiger partial charge in [0, 0.05) is 19.7 Å². The highest BCUT2D eigenvalue weighted by Gasteiger charge is 2.29. The first kappa shape index (κ1) is 13.4. The first-order valence-corrected chi connectivity index (χ1v) is 7.10. The molecule has 1 aromatic heterocycles. The fourth-order valence-electron chi connectivity index (χ4n) is 3.09. The zero-order chi connectivity index (χ0) is 13.0. The van der Waals surface area contributed by atoms with Crippen molar-refractivity contribution in [3.63, 3.8) is 0 Å². The van der Waals surface area contributed by atoms with Crippen molar-refractivity contribution in [2.75, 3.05) is 18.4 Å². The average Bonchev–Trinajstić information content (AvgIpc) is 2.69. The predicted octanol–water partition coefficient (Wildman–Crippen LogP) is 2.44. The van der Waals surface area contributed by atoms with Gasteiger partial charge in [0.15, 0.2) is 0 Å². The molecule has 0 radical (unpaired) electrons. The molecule has 0 aromatic carbocycles. The quantitative estimate of drug-likeness (QED) is 0.844. The van der Waals surface area contributed by atoms with Gasteiger partial charge in [-0.2, -0.15) is 5.10 Å². The van der Waals surface area contributed by atoms with Gasteiger partial charge in [0.05, 0.1) is 5.69 Å². The van der Waals surface area contributed by atoms with Gasteiger partial charge in [0.2, 0.25) is 0 Å². The van der Waals surface area contributed by atoms with Crippen molar-refractivity contribution in [1.82, 2.24) is 9.78 Å². The number of anilines is 1. The number of aromatic nitrogens is 2. The number of rotatable bonds is 5. The van der Waals surface area contributed by atoms with Crippen molar-refractivity contribution >= 4 is 5.82 Å². The van der Waals surface area contributed by atoms with Gasteiger partial charge in [0.1, 0.15) is 5.82 Å². The summed E-state index contributed by atoms with van der Waals surface area (Å²) < 4.78 is 1.91. The van der Waals surface area contributed by atoms with Crippen LogP contribution in [0, 0.1) is 12.3 Å². The molecule has 3 N–H and O–H groups in total. The van der Waals surface area contributed by atoms with Crippen molar-refractivity contribution in [2.45, 2.75) is 45.4 Å². The molecule has 4 nitrogen and oxygen atoms in total. The van der Waals surface area contributed by atoms with Crippen LogP contribution in [0.5, 0.6) is 0 Å². The van der Waals surface area contributed by atoms with Gasteiger partial charge >= 0.3 is 0 Å². The van der Waals surface area contributed by atoms with Crippen LogP contribution in [0.1, 0.15) is 44.2 Å². The number of nitrogens with one attached hydrogen (secondary N) is 1. The minimum atomic E-state index is 0.388. The molecule has 1 aromatic rings. The van der Waals surface area contributed by atoms with E-state index in [1.165, 1.54) is 38.5 Å². The summed E-state index contributed by atoms with van der Waals surface area (Å²) in [5, 5.41) is 7.83. The molecule has 2 rings (SSSR count). The summed E-state index contributed by atoms with van der Waals surface area (Å²) in [5.74, 6) is 1.11. The van der Waals surface area contributed by atoms with Gasteiger partial charge in [-0.25, -0.2) is 0 Å². The van der Waals surface area contributed by atoms with Gasteiger partial charge in [-0.3, -0.25) is 4.68 Å². The minimum absolute atomic E-state index is 0.388. The van der Waals surface area contributed by atoms with Crippen LogP contribution in [-0.4, -0.2) is 22.9 Å². The maximum atomic E-state index is 6.01. The molecule has 18 heavy (non-hydrogen) atoms. The molecular weight excluding hydrogens is 224 g/mol. The zero-order valence-electron chi connectivity index (χ0n) is 11.7. The van der Waals surface area contributed by atoms with Crippen LogP contribution in [-0.2, 0) is 7.05 Å². The molecule has 1 aliphatic carbocycles. The largest absolute Gasteiger partial charge is 0.370 e. The second-order valence-corrected chi connectivity index (χ2v) is 5.74. The maximum absolute atomic E-state index is 6.01. The third-order valence-corrected chi connectivity index (χ3v) is 4.31. The Kier molecular flexibility index (Phi) is 4.27. The lowest BCUT2D eigenvalue weighted by atomic mass is 9.72. The van der Waals surface area contributed by atoms with E-state index in [0.29, 0.717) is 5.41 Å². The molecule has 4 heteroatoms. The van der Waals surface area contributed by atoms with E-state index in [9.17, 15) is 0 Å². The van der Waals surface area contributed by atoms with Gasteiger partial charge in [0.25, 0.3) is 0 Å². The van der Waals surface area contributed by atoms with Crippen LogP contribution in [0.2, 0.25) is 0 Å². The molecule has 0 amide bonds. The van der Waals surface area contributed by atoms with Crippen molar-refractivity contribution in [2.24, 2.45) is 18.2 Å². The van der Waals surface area contributed by atoms with Crippen molar-refractivity contribution in [3.05, 3.63) is 11.8 Å². The summed E-state index contributed by atoms with van der Waals surface area (Å²) >= 11 is 0. The number of hydrogen-bond donors (Lipinski definition) is 2. The lowest BCUT2D eigenvalue weighted by molar-refractivity contribution is 0.188. The fraction of sp³-hybridized carbons (Fsp3) is 0.786. The Morgan fingerprint density at radius 3 is 2.67 bits per heavy atom. The third kappa shape index (κ3) is 3.05. The molecule has 0 unspecified atom stereocenters. The molecule has 0 spiro atoms. The zero-order valence-corrected chi connectivity index (χ0v) is 11.7. The third-order valence-electron chi connectivity index (χ3n) is 4.31. The Morgan fingerprint density at radius 2 is 2.11 bits per heavy atom. The van der Waals surface area contributed by atoms with E-state index in [4.69, 9.17) is 5.73 Å². The van der Waals surface area contributed by atoms with E-state index >= 15 is 0 Å². The van der Waals surface area contributed by atoms with Crippen molar-refractivity contribution in [3.8, 4) is 0 Å². The van der Waals surface area contributed by atoms with E-state index in [2.05, 4.69) is 16.5 Å². The number of nitrogens with two attached hydrogens (primary N) is 1. The van der Waals surface area contributed by atoms with Crippen LogP contribution in [0.4, 0.5) is 5.82 Å². The molecule has 102 valence electrons. The molecule has 1 aliphatic rings. The van der Waals surface area contributed by atoms with Crippen LogP contribution in [0.3, 0.4) is 0 Å². The van der Waals surface area contributed by atoms with Gasteiger partial charge < -0.3 is 11.1 Å². The molecule has 0 saturated heterocycles. The lowest BCUT2D eigenvalue weighted by Crippen LogP contribution is -2.34. The van der Waals surface area contributed by atoms with Crippen LogP contribution < -0.4 is 11.1 Å². The highest BCUT2D eigenvalue weighted by molar-refractivity contribution is 5.36. The second-order valence-electron chi connectivity index (χ2n) is 5.74. The van der Waals surface area contributed by atoms with Gasteiger partial charge in [-0.15, -0.1) is 0 Å². The summed E-state index contributed by atoms with van der Waals surface area (Å²) in [6.07, 6.45) is 7.86. The molecule has 1 heterocycles. The molecule has 0 bridgehead atoms. The summed E-state index contributed by atoms with van der Waals surface area (Å²) in [6, 6.07) is 2.09. The highest BCUT2D eigenvalue weighted by atomic mass is 15.3. The van der Waals surface area contributed by atoms with Crippen molar-refractivity contribution < 1.29 is 0 Å². The average molecular weight is 250 g/mol. The number of nitrogens with zero attached hydrogens (tertiary/aromatic N) is 2. The number of aryl methyl sites for hydroxylation is 2.